The molecule has 234 valence electrons. The first-order valence-electron chi connectivity index (χ1n) is 16.9. The molecule has 0 amide bonds. The van der Waals surface area contributed by atoms with E-state index in [2.05, 4.69) is 144 Å². The van der Waals surface area contributed by atoms with E-state index in [0.29, 0.717) is 0 Å². The summed E-state index contributed by atoms with van der Waals surface area (Å²) < 4.78 is 0. The molecule has 1 heterocycles. The van der Waals surface area contributed by atoms with Crippen molar-refractivity contribution in [2.45, 2.75) is 19.8 Å². The second-order valence-corrected chi connectivity index (χ2v) is 12.4. The zero-order chi connectivity index (χ0) is 33.2. The normalized spacial score (nSPS) is 12.9. The van der Waals surface area contributed by atoms with Gasteiger partial charge in [-0.3, -0.25) is 9.98 Å². The number of hydrogen-bond acceptors (Lipinski definition) is 2. The molecule has 0 saturated heterocycles. The minimum Gasteiger partial charge on any atom is -0.257 e. The van der Waals surface area contributed by atoms with E-state index in [1.165, 1.54) is 66.1 Å². The zero-order valence-electron chi connectivity index (χ0n) is 27.6. The summed E-state index contributed by atoms with van der Waals surface area (Å²) in [5, 5.41) is 4.93. The van der Waals surface area contributed by atoms with Gasteiger partial charge in [-0.15, -0.1) is 0 Å². The van der Waals surface area contributed by atoms with Crippen molar-refractivity contribution in [2.75, 3.05) is 0 Å². The maximum absolute atomic E-state index is 4.58. The van der Waals surface area contributed by atoms with Crippen molar-refractivity contribution in [3.8, 4) is 44.6 Å². The van der Waals surface area contributed by atoms with E-state index in [4.69, 9.17) is 0 Å². The molecular weight excluding hydrogens is 593 g/mol. The second-order valence-electron chi connectivity index (χ2n) is 12.4. The number of aliphatic imine (C=N–C) groups is 1. The average Bonchev–Trinajstić information content (AvgIpc) is 3.17. The molecule has 0 bridgehead atoms. The maximum Gasteiger partial charge on any atom is 0.0701 e. The van der Waals surface area contributed by atoms with Gasteiger partial charge in [0.1, 0.15) is 0 Å². The van der Waals surface area contributed by atoms with Crippen LogP contribution in [-0.2, 0) is 6.42 Å². The summed E-state index contributed by atoms with van der Waals surface area (Å²) in [4.78, 5) is 9.10. The fourth-order valence-corrected chi connectivity index (χ4v) is 7.31. The van der Waals surface area contributed by atoms with E-state index in [-0.39, 0.29) is 0 Å². The van der Waals surface area contributed by atoms with Gasteiger partial charge in [0, 0.05) is 23.5 Å². The van der Waals surface area contributed by atoms with Crippen LogP contribution in [0.3, 0.4) is 0 Å². The average molecular weight is 629 g/mol. The topological polar surface area (TPSA) is 25.2 Å². The molecule has 0 saturated carbocycles. The van der Waals surface area contributed by atoms with Gasteiger partial charge >= 0.3 is 0 Å². The summed E-state index contributed by atoms with van der Waals surface area (Å²) in [5.74, 6) is 0. The van der Waals surface area contributed by atoms with Crippen LogP contribution in [0.25, 0.3) is 72.3 Å². The van der Waals surface area contributed by atoms with Gasteiger partial charge in [-0.2, -0.15) is 0 Å². The number of rotatable bonds is 7. The summed E-state index contributed by atoms with van der Waals surface area (Å²) in [6.45, 7) is 5.84. The molecule has 0 N–H and O–H groups in total. The molecule has 0 spiro atoms. The molecule has 1 aliphatic rings. The molecule has 2 heteroatoms. The number of allylic oxidation sites excluding steroid dienone is 3. The lowest BCUT2D eigenvalue weighted by Gasteiger charge is -2.20. The van der Waals surface area contributed by atoms with Crippen LogP contribution in [0.2, 0.25) is 0 Å². The number of aryl methyl sites for hydroxylation is 1. The molecule has 6 aromatic carbocycles. The summed E-state index contributed by atoms with van der Waals surface area (Å²) in [5.41, 5.74) is 14.1. The highest BCUT2D eigenvalue weighted by Crippen LogP contribution is 2.45. The number of fused-ring (bicyclic) bond motifs is 3. The van der Waals surface area contributed by atoms with Crippen LogP contribution in [-0.4, -0.2) is 10.7 Å². The smallest absolute Gasteiger partial charge is 0.0701 e. The summed E-state index contributed by atoms with van der Waals surface area (Å²) >= 11 is 0. The van der Waals surface area contributed by atoms with Crippen molar-refractivity contribution in [3.63, 3.8) is 0 Å². The van der Waals surface area contributed by atoms with Gasteiger partial charge in [0.25, 0.3) is 0 Å². The fourth-order valence-electron chi connectivity index (χ4n) is 7.31. The van der Waals surface area contributed by atoms with Gasteiger partial charge in [0.05, 0.1) is 11.4 Å². The highest BCUT2D eigenvalue weighted by Gasteiger charge is 2.19. The maximum atomic E-state index is 4.58. The van der Waals surface area contributed by atoms with Crippen molar-refractivity contribution >= 4 is 33.3 Å². The van der Waals surface area contributed by atoms with Crippen molar-refractivity contribution in [2.24, 2.45) is 4.99 Å². The van der Waals surface area contributed by atoms with Crippen LogP contribution in [0.5, 0.6) is 0 Å². The van der Waals surface area contributed by atoms with E-state index in [1.54, 1.807) is 6.20 Å². The van der Waals surface area contributed by atoms with E-state index >= 15 is 0 Å². The minimum atomic E-state index is 0.896. The van der Waals surface area contributed by atoms with Gasteiger partial charge < -0.3 is 0 Å². The van der Waals surface area contributed by atoms with Crippen molar-refractivity contribution in [1.29, 1.82) is 0 Å². The Morgan fingerprint density at radius 2 is 1.35 bits per heavy atom. The highest BCUT2D eigenvalue weighted by atomic mass is 14.7. The van der Waals surface area contributed by atoms with Crippen molar-refractivity contribution in [3.05, 3.63) is 181 Å². The molecular formula is C47H36N2. The van der Waals surface area contributed by atoms with E-state index in [9.17, 15) is 0 Å². The minimum absolute atomic E-state index is 0.896. The van der Waals surface area contributed by atoms with E-state index in [1.807, 2.05) is 37.4 Å². The van der Waals surface area contributed by atoms with Gasteiger partial charge in [-0.05, 0) is 110 Å². The van der Waals surface area contributed by atoms with Crippen molar-refractivity contribution < 1.29 is 0 Å². The predicted octanol–water partition coefficient (Wildman–Crippen LogP) is 12.5. The van der Waals surface area contributed by atoms with Gasteiger partial charge in [-0.1, -0.05) is 134 Å². The molecule has 2 nitrogen and oxygen atoms in total. The van der Waals surface area contributed by atoms with Gasteiger partial charge in [0.15, 0.2) is 0 Å². The Morgan fingerprint density at radius 1 is 0.673 bits per heavy atom. The Labute approximate surface area is 288 Å². The third-order valence-electron chi connectivity index (χ3n) is 9.55. The third-order valence-corrected chi connectivity index (χ3v) is 9.55. The molecule has 1 aliphatic carbocycles. The summed E-state index contributed by atoms with van der Waals surface area (Å²) in [7, 11) is 0. The molecule has 0 atom stereocenters. The van der Waals surface area contributed by atoms with Crippen molar-refractivity contribution in [1.82, 2.24) is 4.98 Å². The standard InChI is InChI=1S/C47H36N2/c1-3-12-44(48-4-2)33-20-26-36(27-21-33)47-41-17-8-7-16-40(41)46(35-24-22-34(23-25-35)45-19-9-10-30-49-45)42-29-28-37(31-43(42)47)39-18-11-14-32-13-5-6-15-38(32)39/h3-4,6-12,14-31H,2,5,13H2,1H3/b12-3-,48-44?. The second kappa shape index (κ2) is 13.2. The quantitative estimate of drug-likeness (QED) is 0.127. The molecule has 0 radical (unpaired) electrons. The predicted molar refractivity (Wildman–Crippen MR) is 210 cm³/mol. The monoisotopic (exact) mass is 628 g/mol. The first-order chi connectivity index (χ1) is 24.2. The Kier molecular flexibility index (Phi) is 8.13. The lowest BCUT2D eigenvalue weighted by atomic mass is 9.83. The van der Waals surface area contributed by atoms with Gasteiger partial charge in [0.2, 0.25) is 0 Å². The lowest BCUT2D eigenvalue weighted by Crippen LogP contribution is -1.97. The largest absolute Gasteiger partial charge is 0.257 e. The Balaban J connectivity index is 1.39. The van der Waals surface area contributed by atoms with Crippen LogP contribution in [0.1, 0.15) is 30.0 Å². The van der Waals surface area contributed by atoms with E-state index < -0.39 is 0 Å². The van der Waals surface area contributed by atoms with Crippen LogP contribution >= 0.6 is 0 Å². The molecule has 1 aromatic heterocycles. The summed E-state index contributed by atoms with van der Waals surface area (Å²) in [6.07, 6.45) is 14.3. The Morgan fingerprint density at radius 3 is 2.06 bits per heavy atom. The zero-order valence-corrected chi connectivity index (χ0v) is 27.6. The number of nitrogens with zero attached hydrogens (tertiary/aromatic N) is 2. The third kappa shape index (κ3) is 5.62. The Bertz CT molecular complexity index is 2430. The molecule has 0 fully saturated rings. The summed E-state index contributed by atoms with van der Waals surface area (Å²) in [6, 6.07) is 46.4. The van der Waals surface area contributed by atoms with Crippen LogP contribution < -0.4 is 0 Å². The van der Waals surface area contributed by atoms with E-state index in [0.717, 1.165) is 35.4 Å². The first kappa shape index (κ1) is 30.2. The van der Waals surface area contributed by atoms with Crippen LogP contribution in [0.15, 0.2) is 170 Å². The molecule has 8 rings (SSSR count). The Hall–Kier alpha value is -6.12. The van der Waals surface area contributed by atoms with Gasteiger partial charge in [-0.25, -0.2) is 0 Å². The lowest BCUT2D eigenvalue weighted by molar-refractivity contribution is 0.986. The molecule has 49 heavy (non-hydrogen) atoms. The van der Waals surface area contributed by atoms with Crippen LogP contribution in [0, 0.1) is 0 Å². The molecule has 0 unspecified atom stereocenters. The fraction of sp³-hybridized carbons (Fsp3) is 0.0638. The number of benzene rings is 6. The highest BCUT2D eigenvalue weighted by molar-refractivity contribution is 6.22. The number of pyridine rings is 1. The number of aromatic nitrogens is 1. The SMILES string of the molecule is C=CN=C(/C=C\C)c1ccc(-c2c3ccccc3c(-c3ccc(-c4ccccn4)cc3)c3ccc(-c4cccc5c4C=CCC5)cc23)cc1. The molecule has 7 aromatic rings. The first-order valence-corrected chi connectivity index (χ1v) is 16.9. The molecule has 0 aliphatic heterocycles. The number of hydrogen-bond donors (Lipinski definition) is 0. The van der Waals surface area contributed by atoms with Crippen LogP contribution in [0.4, 0.5) is 0 Å².